The molecule has 0 saturated heterocycles. The average Bonchev–Trinajstić information content (AvgIpc) is 2.58. The van der Waals surface area contributed by atoms with Gasteiger partial charge in [-0.15, -0.1) is 0 Å². The lowest BCUT2D eigenvalue weighted by atomic mass is 9.97. The van der Waals surface area contributed by atoms with Crippen molar-refractivity contribution < 1.29 is 19.1 Å². The van der Waals surface area contributed by atoms with Crippen LogP contribution in [0, 0.1) is 5.92 Å². The van der Waals surface area contributed by atoms with E-state index in [4.69, 9.17) is 9.47 Å². The number of para-hydroxylation sites is 1. The van der Waals surface area contributed by atoms with Gasteiger partial charge in [-0.05, 0) is 30.4 Å². The van der Waals surface area contributed by atoms with E-state index in [1.807, 2.05) is 18.2 Å². The normalized spacial score (nSPS) is 16.9. The lowest BCUT2D eigenvalue weighted by molar-refractivity contribution is -0.137. The molecule has 1 atom stereocenters. The van der Waals surface area contributed by atoms with Crippen LogP contribution in [-0.4, -0.2) is 31.1 Å². The number of amides is 1. The molecule has 1 amide bonds. The van der Waals surface area contributed by atoms with Crippen LogP contribution in [-0.2, 0) is 14.3 Å². The Bertz CT molecular complexity index is 664. The first-order chi connectivity index (χ1) is 11.8. The molecule has 1 unspecified atom stereocenters. The molecule has 1 aromatic rings. The Morgan fingerprint density at radius 2 is 2.00 bits per heavy atom. The van der Waals surface area contributed by atoms with Crippen LogP contribution >= 0.6 is 0 Å². The summed E-state index contributed by atoms with van der Waals surface area (Å²) in [6, 6.07) is 5.85. The Hall–Kier alpha value is -2.30. The lowest BCUT2D eigenvalue weighted by Crippen LogP contribution is -2.45. The molecule has 136 valence electrons. The number of ether oxygens (including phenoxy) is 2. The van der Waals surface area contributed by atoms with Crippen molar-refractivity contribution in [2.45, 2.75) is 46.6 Å². The summed E-state index contributed by atoms with van der Waals surface area (Å²) in [5.74, 6) is 0.552. The van der Waals surface area contributed by atoms with E-state index in [-0.39, 0.29) is 30.5 Å². The van der Waals surface area contributed by atoms with Crippen molar-refractivity contribution in [2.75, 3.05) is 18.1 Å². The van der Waals surface area contributed by atoms with Crippen molar-refractivity contribution in [3.8, 4) is 5.75 Å². The Morgan fingerprint density at radius 3 is 2.60 bits per heavy atom. The summed E-state index contributed by atoms with van der Waals surface area (Å²) in [5.41, 5.74) is 1.83. The first-order valence-corrected chi connectivity index (χ1v) is 8.81. The average molecular weight is 345 g/mol. The number of anilines is 1. The van der Waals surface area contributed by atoms with E-state index >= 15 is 0 Å². The minimum Gasteiger partial charge on any atom is -0.486 e. The van der Waals surface area contributed by atoms with Crippen LogP contribution in [0.4, 0.5) is 5.69 Å². The third kappa shape index (κ3) is 4.41. The van der Waals surface area contributed by atoms with E-state index < -0.39 is 5.97 Å². The summed E-state index contributed by atoms with van der Waals surface area (Å²) >= 11 is 0. The van der Waals surface area contributed by atoms with Crippen LogP contribution in [0.1, 0.15) is 46.1 Å². The zero-order valence-corrected chi connectivity index (χ0v) is 15.6. The maximum Gasteiger partial charge on any atom is 0.330 e. The SMILES string of the molecule is CCOC(=O)C=CC(=O)N1CC(C(C)C)Oc2c(C(C)C)cccc21. The molecule has 0 spiro atoms. The molecule has 0 fully saturated rings. The molecule has 0 bridgehead atoms. The number of fused-ring (bicyclic) bond motifs is 1. The number of benzene rings is 1. The predicted octanol–water partition coefficient (Wildman–Crippen LogP) is 3.68. The molecule has 1 aromatic carbocycles. The van der Waals surface area contributed by atoms with E-state index in [2.05, 4.69) is 27.7 Å². The van der Waals surface area contributed by atoms with Crippen LogP contribution in [0.25, 0.3) is 0 Å². The molecule has 25 heavy (non-hydrogen) atoms. The van der Waals surface area contributed by atoms with Gasteiger partial charge in [0.15, 0.2) is 0 Å². The molecular weight excluding hydrogens is 318 g/mol. The van der Waals surface area contributed by atoms with Gasteiger partial charge in [-0.1, -0.05) is 39.8 Å². The number of esters is 1. The molecule has 5 nitrogen and oxygen atoms in total. The third-order valence-corrected chi connectivity index (χ3v) is 4.23. The smallest absolute Gasteiger partial charge is 0.330 e. The Balaban J connectivity index is 2.37. The van der Waals surface area contributed by atoms with E-state index in [0.29, 0.717) is 6.54 Å². The number of hydrogen-bond acceptors (Lipinski definition) is 4. The second-order valence-electron chi connectivity index (χ2n) is 6.78. The highest BCUT2D eigenvalue weighted by molar-refractivity contribution is 6.05. The molecule has 0 aliphatic carbocycles. The topological polar surface area (TPSA) is 55.8 Å². The van der Waals surface area contributed by atoms with Crippen molar-refractivity contribution in [3.05, 3.63) is 35.9 Å². The van der Waals surface area contributed by atoms with Gasteiger partial charge in [0.1, 0.15) is 11.9 Å². The summed E-state index contributed by atoms with van der Waals surface area (Å²) in [6.07, 6.45) is 2.36. The number of carbonyl (C=O) groups excluding carboxylic acids is 2. The van der Waals surface area contributed by atoms with Crippen LogP contribution in [0.3, 0.4) is 0 Å². The van der Waals surface area contributed by atoms with E-state index in [9.17, 15) is 9.59 Å². The fraction of sp³-hybridized carbons (Fsp3) is 0.500. The van der Waals surface area contributed by atoms with Gasteiger partial charge in [0, 0.05) is 12.2 Å². The van der Waals surface area contributed by atoms with Gasteiger partial charge in [0.2, 0.25) is 0 Å². The zero-order chi connectivity index (χ0) is 18.6. The van der Waals surface area contributed by atoms with Crippen molar-refractivity contribution in [3.63, 3.8) is 0 Å². The molecule has 0 saturated carbocycles. The number of nitrogens with zero attached hydrogens (tertiary/aromatic N) is 1. The maximum atomic E-state index is 12.7. The van der Waals surface area contributed by atoms with Crippen LogP contribution in [0.5, 0.6) is 5.75 Å². The summed E-state index contributed by atoms with van der Waals surface area (Å²) in [7, 11) is 0. The molecule has 0 radical (unpaired) electrons. The van der Waals surface area contributed by atoms with Gasteiger partial charge in [0.25, 0.3) is 5.91 Å². The molecule has 1 aliphatic heterocycles. The largest absolute Gasteiger partial charge is 0.486 e. The fourth-order valence-corrected chi connectivity index (χ4v) is 2.78. The Labute approximate surface area is 149 Å². The summed E-state index contributed by atoms with van der Waals surface area (Å²) in [5, 5.41) is 0. The lowest BCUT2D eigenvalue weighted by Gasteiger charge is -2.37. The maximum absolute atomic E-state index is 12.7. The second-order valence-corrected chi connectivity index (χ2v) is 6.78. The van der Waals surface area contributed by atoms with Gasteiger partial charge in [-0.2, -0.15) is 0 Å². The zero-order valence-electron chi connectivity index (χ0n) is 15.6. The van der Waals surface area contributed by atoms with Gasteiger partial charge in [-0.25, -0.2) is 4.79 Å². The molecule has 2 rings (SSSR count). The monoisotopic (exact) mass is 345 g/mol. The first kappa shape index (κ1) is 19.0. The number of carbonyl (C=O) groups is 2. The third-order valence-electron chi connectivity index (χ3n) is 4.23. The van der Waals surface area contributed by atoms with Crippen LogP contribution in [0.15, 0.2) is 30.4 Å². The quantitative estimate of drug-likeness (QED) is 0.603. The molecule has 1 aliphatic rings. The standard InChI is InChI=1S/C20H27NO4/c1-6-24-19(23)11-10-18(22)21-12-17(14(4)5)25-20-15(13(2)3)8-7-9-16(20)21/h7-11,13-14,17H,6,12H2,1-5H3. The van der Waals surface area contributed by atoms with Gasteiger partial charge < -0.3 is 14.4 Å². The van der Waals surface area contributed by atoms with E-state index in [1.165, 1.54) is 12.2 Å². The van der Waals surface area contributed by atoms with Crippen molar-refractivity contribution in [1.82, 2.24) is 0 Å². The highest BCUT2D eigenvalue weighted by Crippen LogP contribution is 2.40. The molecule has 0 N–H and O–H groups in total. The highest BCUT2D eigenvalue weighted by Gasteiger charge is 2.32. The fourth-order valence-electron chi connectivity index (χ4n) is 2.78. The van der Waals surface area contributed by atoms with E-state index in [0.717, 1.165) is 17.0 Å². The molecule has 5 heteroatoms. The predicted molar refractivity (Wildman–Crippen MR) is 97.9 cm³/mol. The minimum atomic E-state index is -0.513. The highest BCUT2D eigenvalue weighted by atomic mass is 16.5. The van der Waals surface area contributed by atoms with Gasteiger partial charge in [-0.3, -0.25) is 4.79 Å². The first-order valence-electron chi connectivity index (χ1n) is 8.81. The summed E-state index contributed by atoms with van der Waals surface area (Å²) < 4.78 is 11.1. The van der Waals surface area contributed by atoms with Crippen molar-refractivity contribution >= 4 is 17.6 Å². The summed E-state index contributed by atoms with van der Waals surface area (Å²) in [6.45, 7) is 10.8. The van der Waals surface area contributed by atoms with Crippen LogP contribution < -0.4 is 9.64 Å². The van der Waals surface area contributed by atoms with Crippen molar-refractivity contribution in [2.24, 2.45) is 5.92 Å². The molecule has 0 aromatic heterocycles. The minimum absolute atomic E-state index is 0.0904. The number of rotatable bonds is 5. The second kappa shape index (κ2) is 8.19. The summed E-state index contributed by atoms with van der Waals surface area (Å²) in [4.78, 5) is 25.9. The van der Waals surface area contributed by atoms with Crippen LogP contribution in [0.2, 0.25) is 0 Å². The Kier molecular flexibility index (Phi) is 6.23. The van der Waals surface area contributed by atoms with E-state index in [1.54, 1.807) is 11.8 Å². The van der Waals surface area contributed by atoms with Gasteiger partial charge in [0.05, 0.1) is 18.8 Å². The molecular formula is C20H27NO4. The number of hydrogen-bond donors (Lipinski definition) is 0. The van der Waals surface area contributed by atoms with Gasteiger partial charge >= 0.3 is 5.97 Å². The molecule has 1 heterocycles. The van der Waals surface area contributed by atoms with Crippen molar-refractivity contribution in [1.29, 1.82) is 0 Å². The Morgan fingerprint density at radius 1 is 1.28 bits per heavy atom.